The minimum atomic E-state index is 0.422. The van der Waals surface area contributed by atoms with Gasteiger partial charge in [0, 0.05) is 25.4 Å². The van der Waals surface area contributed by atoms with Gasteiger partial charge in [-0.05, 0) is 39.8 Å². The minimum absolute atomic E-state index is 0.422. The molecule has 0 saturated carbocycles. The first kappa shape index (κ1) is 13.2. The Balaban J connectivity index is 2.18. The van der Waals surface area contributed by atoms with E-state index in [0.717, 1.165) is 31.8 Å². The second-order valence-corrected chi connectivity index (χ2v) is 4.31. The fraction of sp³-hybridized carbons (Fsp3) is 0.750. The molecule has 16 heavy (non-hydrogen) atoms. The highest BCUT2D eigenvalue weighted by atomic mass is 16.5. The lowest BCUT2D eigenvalue weighted by atomic mass is 10.3. The molecule has 1 atom stereocenters. The van der Waals surface area contributed by atoms with E-state index in [2.05, 4.69) is 35.0 Å². The lowest BCUT2D eigenvalue weighted by molar-refractivity contribution is 0.172. The van der Waals surface area contributed by atoms with Gasteiger partial charge in [-0.2, -0.15) is 5.10 Å². The van der Waals surface area contributed by atoms with Gasteiger partial charge in [0.25, 0.3) is 0 Å². The summed E-state index contributed by atoms with van der Waals surface area (Å²) in [6, 6.07) is 2.53. The summed E-state index contributed by atoms with van der Waals surface area (Å²) >= 11 is 0. The molecule has 0 aliphatic rings. The Morgan fingerprint density at radius 3 is 2.81 bits per heavy atom. The summed E-state index contributed by atoms with van der Waals surface area (Å²) in [4.78, 5) is 0. The topological polar surface area (TPSA) is 39.1 Å². The van der Waals surface area contributed by atoms with Crippen molar-refractivity contribution >= 4 is 0 Å². The summed E-state index contributed by atoms with van der Waals surface area (Å²) in [7, 11) is 1.73. The van der Waals surface area contributed by atoms with Crippen molar-refractivity contribution in [1.82, 2.24) is 15.1 Å². The third kappa shape index (κ3) is 4.33. The maximum atomic E-state index is 5.06. The molecule has 0 saturated heterocycles. The molecule has 1 aromatic rings. The van der Waals surface area contributed by atoms with Gasteiger partial charge in [0.05, 0.1) is 12.3 Å². The van der Waals surface area contributed by atoms with Crippen LogP contribution in [-0.2, 0) is 11.3 Å². The molecule has 0 aliphatic carbocycles. The molecule has 4 nitrogen and oxygen atoms in total. The van der Waals surface area contributed by atoms with E-state index < -0.39 is 0 Å². The Labute approximate surface area is 98.0 Å². The van der Waals surface area contributed by atoms with Crippen LogP contribution in [0.3, 0.4) is 0 Å². The van der Waals surface area contributed by atoms with Gasteiger partial charge < -0.3 is 10.1 Å². The molecule has 0 aliphatic heterocycles. The van der Waals surface area contributed by atoms with E-state index in [4.69, 9.17) is 4.74 Å². The first-order valence-corrected chi connectivity index (χ1v) is 5.87. The van der Waals surface area contributed by atoms with E-state index in [0.29, 0.717) is 6.04 Å². The zero-order chi connectivity index (χ0) is 12.0. The van der Waals surface area contributed by atoms with E-state index >= 15 is 0 Å². The highest BCUT2D eigenvalue weighted by Crippen LogP contribution is 2.02. The van der Waals surface area contributed by atoms with Gasteiger partial charge in [0.2, 0.25) is 0 Å². The van der Waals surface area contributed by atoms with Crippen molar-refractivity contribution in [3.05, 3.63) is 17.5 Å². The molecule has 1 heterocycles. The first-order valence-electron chi connectivity index (χ1n) is 5.87. The number of nitrogens with one attached hydrogen (secondary N) is 1. The van der Waals surface area contributed by atoms with Crippen molar-refractivity contribution < 1.29 is 4.74 Å². The van der Waals surface area contributed by atoms with Crippen LogP contribution in [0.25, 0.3) is 0 Å². The maximum Gasteiger partial charge on any atom is 0.0613 e. The van der Waals surface area contributed by atoms with Crippen molar-refractivity contribution in [2.24, 2.45) is 0 Å². The predicted octanol–water partition coefficient (Wildman–Crippen LogP) is 1.51. The summed E-state index contributed by atoms with van der Waals surface area (Å²) in [6.07, 6.45) is 1.09. The molecule has 0 aromatic carbocycles. The second kappa shape index (κ2) is 6.66. The number of methoxy groups -OCH3 is 1. The maximum absolute atomic E-state index is 5.06. The molecule has 1 unspecified atom stereocenters. The van der Waals surface area contributed by atoms with Crippen molar-refractivity contribution in [1.29, 1.82) is 0 Å². The van der Waals surface area contributed by atoms with E-state index in [-0.39, 0.29) is 0 Å². The van der Waals surface area contributed by atoms with Crippen LogP contribution in [0.5, 0.6) is 0 Å². The Kier molecular flexibility index (Phi) is 5.49. The minimum Gasteiger partial charge on any atom is -0.383 e. The van der Waals surface area contributed by atoms with Crippen molar-refractivity contribution in [2.75, 3.05) is 20.3 Å². The fourth-order valence-corrected chi connectivity index (χ4v) is 1.79. The molecule has 1 N–H and O–H groups in total. The fourth-order valence-electron chi connectivity index (χ4n) is 1.79. The van der Waals surface area contributed by atoms with E-state index in [1.807, 2.05) is 6.92 Å². The SMILES string of the molecule is COCC(C)NCCCn1nc(C)cc1C. The molecule has 1 aromatic heterocycles. The summed E-state index contributed by atoms with van der Waals surface area (Å²) in [5, 5.41) is 7.84. The molecule has 0 fully saturated rings. The first-order chi connectivity index (χ1) is 7.63. The molecule has 0 radical (unpaired) electrons. The number of hydrogen-bond donors (Lipinski definition) is 1. The Bertz CT molecular complexity index is 309. The summed E-state index contributed by atoms with van der Waals surface area (Å²) in [6.45, 7) is 9.01. The summed E-state index contributed by atoms with van der Waals surface area (Å²) in [5.74, 6) is 0. The molecule has 0 bridgehead atoms. The van der Waals surface area contributed by atoms with Gasteiger partial charge in [-0.15, -0.1) is 0 Å². The van der Waals surface area contributed by atoms with Crippen LogP contribution in [0.15, 0.2) is 6.07 Å². The zero-order valence-electron chi connectivity index (χ0n) is 10.8. The van der Waals surface area contributed by atoms with Gasteiger partial charge in [-0.3, -0.25) is 4.68 Å². The Morgan fingerprint density at radius 2 is 2.25 bits per heavy atom. The van der Waals surface area contributed by atoms with Crippen LogP contribution in [0.4, 0.5) is 0 Å². The van der Waals surface area contributed by atoms with Gasteiger partial charge in [-0.25, -0.2) is 0 Å². The average Bonchev–Trinajstić information content (AvgIpc) is 2.53. The molecule has 0 spiro atoms. The van der Waals surface area contributed by atoms with Gasteiger partial charge in [0.15, 0.2) is 0 Å². The number of aryl methyl sites for hydroxylation is 3. The summed E-state index contributed by atoms with van der Waals surface area (Å²) in [5.41, 5.74) is 2.33. The lowest BCUT2D eigenvalue weighted by Crippen LogP contribution is -2.31. The van der Waals surface area contributed by atoms with Crippen LogP contribution in [-0.4, -0.2) is 36.1 Å². The standard InChI is InChI=1S/C12H23N3O/c1-10-8-12(3)15(14-10)7-5-6-13-11(2)9-16-4/h8,11,13H,5-7,9H2,1-4H3. The quantitative estimate of drug-likeness (QED) is 0.715. The molecular formula is C12H23N3O. The van der Waals surface area contributed by atoms with Gasteiger partial charge in [0.1, 0.15) is 0 Å². The number of nitrogens with zero attached hydrogens (tertiary/aromatic N) is 2. The highest BCUT2D eigenvalue weighted by molar-refractivity contribution is 5.06. The largest absolute Gasteiger partial charge is 0.383 e. The van der Waals surface area contributed by atoms with E-state index in [1.54, 1.807) is 7.11 Å². The second-order valence-electron chi connectivity index (χ2n) is 4.31. The zero-order valence-corrected chi connectivity index (χ0v) is 10.8. The van der Waals surface area contributed by atoms with Gasteiger partial charge >= 0.3 is 0 Å². The van der Waals surface area contributed by atoms with Crippen LogP contribution >= 0.6 is 0 Å². The third-order valence-corrected chi connectivity index (χ3v) is 2.56. The number of ether oxygens (including phenoxy) is 1. The number of aromatic nitrogens is 2. The van der Waals surface area contributed by atoms with Crippen LogP contribution in [0, 0.1) is 13.8 Å². The number of hydrogen-bond acceptors (Lipinski definition) is 3. The Hall–Kier alpha value is -0.870. The van der Waals surface area contributed by atoms with Crippen molar-refractivity contribution in [3.8, 4) is 0 Å². The predicted molar refractivity (Wildman–Crippen MR) is 65.7 cm³/mol. The highest BCUT2D eigenvalue weighted by Gasteiger charge is 2.01. The normalized spacial score (nSPS) is 13.0. The van der Waals surface area contributed by atoms with Crippen molar-refractivity contribution in [2.45, 2.75) is 39.8 Å². The van der Waals surface area contributed by atoms with E-state index in [1.165, 1.54) is 5.69 Å². The molecule has 0 amide bonds. The molecule has 4 heteroatoms. The summed E-state index contributed by atoms with van der Waals surface area (Å²) < 4.78 is 7.13. The Morgan fingerprint density at radius 1 is 1.50 bits per heavy atom. The monoisotopic (exact) mass is 225 g/mol. The third-order valence-electron chi connectivity index (χ3n) is 2.56. The lowest BCUT2D eigenvalue weighted by Gasteiger charge is -2.12. The molecule has 1 rings (SSSR count). The molecular weight excluding hydrogens is 202 g/mol. The average molecular weight is 225 g/mol. The van der Waals surface area contributed by atoms with Crippen molar-refractivity contribution in [3.63, 3.8) is 0 Å². The number of rotatable bonds is 7. The van der Waals surface area contributed by atoms with Crippen LogP contribution in [0.1, 0.15) is 24.7 Å². The smallest absolute Gasteiger partial charge is 0.0613 e. The molecule has 92 valence electrons. The van der Waals surface area contributed by atoms with Gasteiger partial charge in [-0.1, -0.05) is 0 Å². The van der Waals surface area contributed by atoms with Crippen LogP contribution in [0.2, 0.25) is 0 Å². The van der Waals surface area contributed by atoms with E-state index in [9.17, 15) is 0 Å². The van der Waals surface area contributed by atoms with Crippen LogP contribution < -0.4 is 5.32 Å².